The predicted molar refractivity (Wildman–Crippen MR) is 135 cm³/mol. The summed E-state index contributed by atoms with van der Waals surface area (Å²) in [7, 11) is -30.8. The first kappa shape index (κ1) is 52.2. The summed E-state index contributed by atoms with van der Waals surface area (Å²) in [5, 5.41) is 0. The quantitative estimate of drug-likeness (QED) is 0.152. The molecule has 262 valence electrons. The van der Waals surface area contributed by atoms with Crippen LogP contribution in [0.3, 0.4) is 0 Å². The van der Waals surface area contributed by atoms with Crippen LogP contribution in [0.4, 0.5) is 25.2 Å². The minimum Gasteiger partial charge on any atom is -0.299 e. The molecule has 1 aliphatic heterocycles. The van der Waals surface area contributed by atoms with E-state index in [2.05, 4.69) is 36.1 Å². The third-order valence-electron chi connectivity index (χ3n) is 2.73. The molecule has 1 heterocycles. The zero-order valence-electron chi connectivity index (χ0n) is 21.1. The van der Waals surface area contributed by atoms with Crippen LogP contribution in [0.2, 0.25) is 0 Å². The molecule has 0 radical (unpaired) electrons. The van der Waals surface area contributed by atoms with Crippen LogP contribution >= 0.6 is 47.4 Å². The molecule has 0 unspecified atom stereocenters. The highest BCUT2D eigenvalue weighted by atomic mass is 31.2. The maximum atomic E-state index is 10.4. The van der Waals surface area contributed by atoms with E-state index in [1.807, 2.05) is 0 Å². The van der Waals surface area contributed by atoms with Gasteiger partial charge in [-0.1, -0.05) is 29.8 Å². The summed E-state index contributed by atoms with van der Waals surface area (Å²) < 4.78 is 114. The normalized spacial score (nSPS) is 13.7. The Balaban J connectivity index is -0.000000139. The van der Waals surface area contributed by atoms with Gasteiger partial charge in [0, 0.05) is 6.54 Å². The Labute approximate surface area is 238 Å². The highest BCUT2D eigenvalue weighted by Crippen LogP contribution is 2.37. The molecule has 0 aromatic heterocycles. The first-order chi connectivity index (χ1) is 18.3. The van der Waals surface area contributed by atoms with E-state index in [0.717, 1.165) is 6.54 Å². The molecule has 31 heteroatoms. The number of rotatable bonds is 2. The van der Waals surface area contributed by atoms with Gasteiger partial charge in [0.25, 0.3) is 0 Å². The molecule has 0 aliphatic carbocycles. The second-order valence-corrected chi connectivity index (χ2v) is 12.5. The van der Waals surface area contributed by atoms with Crippen molar-refractivity contribution in [1.29, 1.82) is 0 Å². The fraction of sp³-hybridized carbons (Fsp3) is 0.500. The Morgan fingerprint density at radius 3 is 0.884 bits per heavy atom. The number of likely N-dealkylation sites (tertiary alicyclic amines) is 1. The summed E-state index contributed by atoms with van der Waals surface area (Å²) in [6.07, 6.45) is 2.76. The third-order valence-corrected chi connectivity index (χ3v) is 2.73. The van der Waals surface area contributed by atoms with Crippen LogP contribution < -0.4 is 0 Å². The minimum absolute atomic E-state index is 1.14. The van der Waals surface area contributed by atoms with E-state index in [9.17, 15) is 25.2 Å². The number of halogens is 6. The van der Waals surface area contributed by atoms with Crippen LogP contribution in [0.5, 0.6) is 0 Å². The van der Waals surface area contributed by atoms with Crippen molar-refractivity contribution in [3.05, 3.63) is 35.4 Å². The van der Waals surface area contributed by atoms with Crippen molar-refractivity contribution in [1.82, 2.24) is 4.90 Å². The summed E-state index contributed by atoms with van der Waals surface area (Å²) in [5.41, 5.74) is 2.80. The lowest BCUT2D eigenvalue weighted by Gasteiger charge is -2.14. The zero-order chi connectivity index (χ0) is 36.1. The van der Waals surface area contributed by atoms with Gasteiger partial charge in [-0.15, -0.1) is 25.2 Å². The number of hydrogen-bond donors (Lipinski definition) is 12. The summed E-state index contributed by atoms with van der Waals surface area (Å²) in [6.45, 7) is 5.85. The molecule has 1 saturated heterocycles. The van der Waals surface area contributed by atoms with E-state index in [4.69, 9.17) is 86.1 Å². The Bertz CT molecular complexity index is 933. The van der Waals surface area contributed by atoms with Gasteiger partial charge in [-0.2, -0.15) is 0 Å². The fourth-order valence-corrected chi connectivity index (χ4v) is 1.89. The van der Waals surface area contributed by atoms with Gasteiger partial charge in [-0.05, 0) is 38.4 Å². The third kappa shape index (κ3) is 154. The molecule has 0 saturated carbocycles. The molecule has 43 heavy (non-hydrogen) atoms. The number of hydrogen-bond acceptors (Lipinski definition) is 7. The lowest BCUT2D eigenvalue weighted by molar-refractivity contribution is 0.320. The van der Waals surface area contributed by atoms with Crippen molar-refractivity contribution in [2.45, 2.75) is 26.3 Å². The SMILES string of the molecule is Cc1ccc(CN2CCCC2)cc1.O=P(O)(O)F.O=P(O)(O)F.O=P(O)(O)F.O=P(O)(O)F.O=P(O)(O)F.O=P(O)(O)F. The first-order valence-corrected chi connectivity index (χ1v) is 18.7. The summed E-state index contributed by atoms with van der Waals surface area (Å²) >= 11 is 0. The van der Waals surface area contributed by atoms with Gasteiger partial charge >= 0.3 is 47.4 Å². The van der Waals surface area contributed by atoms with Crippen molar-refractivity contribution < 1.29 is 111 Å². The van der Waals surface area contributed by atoms with Crippen LogP contribution in [0, 0.1) is 6.92 Å². The Hall–Kier alpha value is -0.340. The number of nitrogens with zero attached hydrogens (tertiary/aromatic N) is 1. The maximum Gasteiger partial charge on any atom is 0.507 e. The van der Waals surface area contributed by atoms with Crippen molar-refractivity contribution >= 4 is 47.4 Å². The average molecular weight is 775 g/mol. The molecule has 0 bridgehead atoms. The van der Waals surface area contributed by atoms with Crippen molar-refractivity contribution in [3.8, 4) is 0 Å². The van der Waals surface area contributed by atoms with E-state index in [1.54, 1.807) is 0 Å². The predicted octanol–water partition coefficient (Wildman–Crippen LogP) is 2.88. The van der Waals surface area contributed by atoms with E-state index < -0.39 is 47.4 Å². The van der Waals surface area contributed by atoms with Crippen LogP contribution in [0.15, 0.2) is 24.3 Å². The minimum atomic E-state index is -5.14. The molecule has 0 atom stereocenters. The van der Waals surface area contributed by atoms with Gasteiger partial charge in [-0.25, -0.2) is 27.4 Å². The maximum absolute atomic E-state index is 10.4. The topological polar surface area (TPSA) is 348 Å². The van der Waals surface area contributed by atoms with Crippen LogP contribution in [0.1, 0.15) is 24.0 Å². The summed E-state index contributed by atoms with van der Waals surface area (Å²) in [5.74, 6) is 0. The molecule has 1 aromatic carbocycles. The van der Waals surface area contributed by atoms with E-state index >= 15 is 0 Å². The Morgan fingerprint density at radius 1 is 0.512 bits per heavy atom. The van der Waals surface area contributed by atoms with Crippen molar-refractivity contribution in [2.24, 2.45) is 0 Å². The smallest absolute Gasteiger partial charge is 0.299 e. The molecule has 1 aliphatic rings. The second-order valence-electron chi connectivity index (χ2n) is 6.81. The molecule has 1 aromatic rings. The van der Waals surface area contributed by atoms with Gasteiger partial charge in [-0.3, -0.25) is 63.6 Å². The zero-order valence-corrected chi connectivity index (χ0v) is 26.4. The summed E-state index contributed by atoms with van der Waals surface area (Å²) in [6, 6.07) is 8.89. The van der Waals surface area contributed by atoms with Crippen molar-refractivity contribution in [2.75, 3.05) is 13.1 Å². The Kier molecular flexibility index (Phi) is 29.0. The Morgan fingerprint density at radius 2 is 0.698 bits per heavy atom. The number of aryl methyl sites for hydroxylation is 1. The summed E-state index contributed by atoms with van der Waals surface area (Å²) in [4.78, 5) is 86.1. The number of benzene rings is 1. The standard InChI is InChI=1S/C12H17N.6FH2O3P/c1-11-4-6-12(7-5-11)10-13-8-2-3-9-13;6*1-5(2,3)4/h4-7H,2-3,8-10H2,1H3;6*(H2,2,3,4). The van der Waals surface area contributed by atoms with Crippen LogP contribution in [-0.4, -0.2) is 76.7 Å². The fourth-order valence-electron chi connectivity index (χ4n) is 1.89. The monoisotopic (exact) mass is 775 g/mol. The van der Waals surface area contributed by atoms with Gasteiger partial charge in [0.05, 0.1) is 0 Å². The average Bonchev–Trinajstić information content (AvgIpc) is 3.08. The lowest BCUT2D eigenvalue weighted by Crippen LogP contribution is -2.18. The van der Waals surface area contributed by atoms with Crippen LogP contribution in [-0.2, 0) is 33.9 Å². The molecule has 2 rings (SSSR count). The molecule has 12 N–H and O–H groups in total. The highest BCUT2D eigenvalue weighted by Gasteiger charge is 2.11. The molecule has 19 nitrogen and oxygen atoms in total. The van der Waals surface area contributed by atoms with E-state index in [1.165, 1.54) is 37.1 Å². The molecule has 0 amide bonds. The first-order valence-electron chi connectivity index (χ1n) is 9.63. The van der Waals surface area contributed by atoms with Gasteiger partial charge in [0.15, 0.2) is 0 Å². The van der Waals surface area contributed by atoms with Gasteiger partial charge in [0.1, 0.15) is 0 Å². The van der Waals surface area contributed by atoms with Gasteiger partial charge < -0.3 is 0 Å². The molecular weight excluding hydrogens is 746 g/mol. The molecular formula is C12H29F6NO18P6. The van der Waals surface area contributed by atoms with Crippen molar-refractivity contribution in [3.63, 3.8) is 0 Å². The van der Waals surface area contributed by atoms with Gasteiger partial charge in [0.2, 0.25) is 0 Å². The van der Waals surface area contributed by atoms with E-state index in [-0.39, 0.29) is 0 Å². The molecule has 0 spiro atoms. The van der Waals surface area contributed by atoms with Crippen LogP contribution in [0.25, 0.3) is 0 Å². The second kappa shape index (κ2) is 23.9. The highest BCUT2D eigenvalue weighted by molar-refractivity contribution is 7.46. The van der Waals surface area contributed by atoms with E-state index in [0.29, 0.717) is 0 Å². The lowest BCUT2D eigenvalue weighted by atomic mass is 10.1. The molecule has 1 fully saturated rings. The largest absolute Gasteiger partial charge is 0.507 e.